The fourth-order valence-electron chi connectivity index (χ4n) is 1.73. The van der Waals surface area contributed by atoms with Crippen LogP contribution in [0.5, 0.6) is 23.0 Å². The molecule has 0 aliphatic carbocycles. The Balaban J connectivity index is 2.03. The molecule has 0 radical (unpaired) electrons. The molecule has 8 nitrogen and oxygen atoms in total. The average molecular weight is 319 g/mol. The summed E-state index contributed by atoms with van der Waals surface area (Å²) in [5.74, 6) is 1.22. The molecule has 0 aromatic heterocycles. The molecule has 0 heterocycles. The van der Waals surface area contributed by atoms with Gasteiger partial charge in [0.2, 0.25) is 0 Å². The highest BCUT2D eigenvalue weighted by Gasteiger charge is 2.12. The molecule has 0 bridgehead atoms. The van der Waals surface area contributed by atoms with Crippen molar-refractivity contribution >= 4 is 11.8 Å². The summed E-state index contributed by atoms with van der Waals surface area (Å²) in [4.78, 5) is 21.7. The number of nitrogens with zero attached hydrogens (tertiary/aromatic N) is 1. The van der Waals surface area contributed by atoms with Gasteiger partial charge in [-0.1, -0.05) is 0 Å². The molecule has 2 rings (SSSR count). The first-order valence-electron chi connectivity index (χ1n) is 6.39. The Morgan fingerprint density at radius 3 is 2.04 bits per heavy atom. The van der Waals surface area contributed by atoms with E-state index in [1.807, 2.05) is 0 Å². The molecule has 0 fully saturated rings. The summed E-state index contributed by atoms with van der Waals surface area (Å²) >= 11 is 0. The first-order valence-corrected chi connectivity index (χ1v) is 6.39. The second-order valence-electron chi connectivity index (χ2n) is 4.22. The van der Waals surface area contributed by atoms with Crippen LogP contribution in [0, 0.1) is 10.1 Å². The minimum absolute atomic E-state index is 0.106. The van der Waals surface area contributed by atoms with Crippen molar-refractivity contribution in [2.45, 2.75) is 0 Å². The van der Waals surface area contributed by atoms with Crippen LogP contribution in [-0.2, 0) is 0 Å². The molecular formula is C15H13NO7. The van der Waals surface area contributed by atoms with Crippen LogP contribution in [-0.4, -0.2) is 25.3 Å². The number of hydrogen-bond acceptors (Lipinski definition) is 7. The molecule has 0 amide bonds. The van der Waals surface area contributed by atoms with Gasteiger partial charge in [0.1, 0.15) is 11.5 Å². The standard InChI is InChI=1S/C15H13NO7/c1-20-13-8-7-12(9-14(13)21-2)23-15(17)22-11-5-3-10(4-6-11)16(18)19/h3-9H,1-2H3. The molecule has 0 unspecified atom stereocenters. The van der Waals surface area contributed by atoms with E-state index in [1.54, 1.807) is 6.07 Å². The van der Waals surface area contributed by atoms with Crippen LogP contribution in [0.3, 0.4) is 0 Å². The summed E-state index contributed by atoms with van der Waals surface area (Å²) in [6.45, 7) is 0. The van der Waals surface area contributed by atoms with Gasteiger partial charge in [-0.15, -0.1) is 0 Å². The zero-order valence-electron chi connectivity index (χ0n) is 12.3. The molecule has 23 heavy (non-hydrogen) atoms. The topological polar surface area (TPSA) is 97.1 Å². The Hall–Kier alpha value is -3.29. The van der Waals surface area contributed by atoms with Crippen molar-refractivity contribution < 1.29 is 28.7 Å². The molecule has 8 heteroatoms. The maximum Gasteiger partial charge on any atom is 0.519 e. The summed E-state index contributed by atoms with van der Waals surface area (Å²) in [5, 5.41) is 10.5. The molecule has 0 atom stereocenters. The predicted molar refractivity (Wildman–Crippen MR) is 79.3 cm³/mol. The smallest absolute Gasteiger partial charge is 0.493 e. The summed E-state index contributed by atoms with van der Waals surface area (Å²) in [6, 6.07) is 9.60. The minimum atomic E-state index is -0.980. The van der Waals surface area contributed by atoms with E-state index in [0.717, 1.165) is 0 Å². The first kappa shape index (κ1) is 16.1. The molecule has 2 aromatic carbocycles. The summed E-state index contributed by atoms with van der Waals surface area (Å²) < 4.78 is 20.1. The fourth-order valence-corrected chi connectivity index (χ4v) is 1.73. The van der Waals surface area contributed by atoms with Crippen molar-refractivity contribution in [1.29, 1.82) is 0 Å². The molecule has 0 saturated heterocycles. The Morgan fingerprint density at radius 2 is 1.48 bits per heavy atom. The zero-order chi connectivity index (χ0) is 16.8. The lowest BCUT2D eigenvalue weighted by atomic mass is 10.3. The lowest BCUT2D eigenvalue weighted by molar-refractivity contribution is -0.384. The van der Waals surface area contributed by atoms with Crippen molar-refractivity contribution in [1.82, 2.24) is 0 Å². The van der Waals surface area contributed by atoms with Crippen molar-refractivity contribution in [3.63, 3.8) is 0 Å². The van der Waals surface area contributed by atoms with Gasteiger partial charge in [0.25, 0.3) is 5.69 Å². The van der Waals surface area contributed by atoms with Crippen LogP contribution in [0.25, 0.3) is 0 Å². The van der Waals surface area contributed by atoms with Crippen LogP contribution in [0.1, 0.15) is 0 Å². The lowest BCUT2D eigenvalue weighted by Gasteiger charge is -2.09. The number of non-ortho nitro benzene ring substituents is 1. The highest BCUT2D eigenvalue weighted by atomic mass is 16.7. The zero-order valence-corrected chi connectivity index (χ0v) is 12.3. The Morgan fingerprint density at radius 1 is 0.913 bits per heavy atom. The number of rotatable bonds is 5. The number of hydrogen-bond donors (Lipinski definition) is 0. The first-order chi connectivity index (χ1) is 11.0. The monoisotopic (exact) mass is 319 g/mol. The fraction of sp³-hybridized carbons (Fsp3) is 0.133. The van der Waals surface area contributed by atoms with Gasteiger partial charge < -0.3 is 18.9 Å². The van der Waals surface area contributed by atoms with Gasteiger partial charge >= 0.3 is 6.16 Å². The van der Waals surface area contributed by atoms with Gasteiger partial charge in [-0.3, -0.25) is 10.1 Å². The highest BCUT2D eigenvalue weighted by molar-refractivity contribution is 5.67. The third-order valence-electron chi connectivity index (χ3n) is 2.80. The van der Waals surface area contributed by atoms with Gasteiger partial charge in [-0.05, 0) is 24.3 Å². The quantitative estimate of drug-likeness (QED) is 0.361. The number of nitro groups is 1. The third kappa shape index (κ3) is 4.10. The van der Waals surface area contributed by atoms with Gasteiger partial charge in [0, 0.05) is 18.2 Å². The molecule has 120 valence electrons. The van der Waals surface area contributed by atoms with Crippen LogP contribution in [0.15, 0.2) is 42.5 Å². The molecule has 0 saturated carbocycles. The van der Waals surface area contributed by atoms with Crippen LogP contribution in [0.4, 0.5) is 10.5 Å². The summed E-state index contributed by atoms with van der Waals surface area (Å²) in [5.41, 5.74) is -0.106. The number of carbonyl (C=O) groups is 1. The van der Waals surface area contributed by atoms with Crippen molar-refractivity contribution in [3.8, 4) is 23.0 Å². The molecular weight excluding hydrogens is 306 g/mol. The SMILES string of the molecule is COc1ccc(OC(=O)Oc2ccc([N+](=O)[O-])cc2)cc1OC. The Bertz CT molecular complexity index is 712. The van der Waals surface area contributed by atoms with E-state index in [1.165, 1.54) is 50.6 Å². The van der Waals surface area contributed by atoms with E-state index in [-0.39, 0.29) is 17.2 Å². The van der Waals surface area contributed by atoms with E-state index in [4.69, 9.17) is 18.9 Å². The number of carbonyl (C=O) groups excluding carboxylic acids is 1. The van der Waals surface area contributed by atoms with E-state index in [2.05, 4.69) is 0 Å². The van der Waals surface area contributed by atoms with E-state index >= 15 is 0 Å². The summed E-state index contributed by atoms with van der Waals surface area (Å²) in [6.07, 6.45) is -0.980. The van der Waals surface area contributed by atoms with Crippen LogP contribution < -0.4 is 18.9 Å². The van der Waals surface area contributed by atoms with Crippen molar-refractivity contribution in [2.24, 2.45) is 0 Å². The van der Waals surface area contributed by atoms with Crippen LogP contribution in [0.2, 0.25) is 0 Å². The van der Waals surface area contributed by atoms with E-state index < -0.39 is 11.1 Å². The maximum atomic E-state index is 11.7. The second kappa shape index (κ2) is 7.12. The second-order valence-corrected chi connectivity index (χ2v) is 4.22. The Kier molecular flexibility index (Phi) is 4.98. The third-order valence-corrected chi connectivity index (χ3v) is 2.80. The maximum absolute atomic E-state index is 11.7. The number of ether oxygens (including phenoxy) is 4. The molecule has 0 spiro atoms. The van der Waals surface area contributed by atoms with Gasteiger partial charge in [-0.25, -0.2) is 4.79 Å². The van der Waals surface area contributed by atoms with E-state index in [0.29, 0.717) is 11.5 Å². The van der Waals surface area contributed by atoms with Crippen LogP contribution >= 0.6 is 0 Å². The molecule has 2 aromatic rings. The Labute approximate surface area is 131 Å². The minimum Gasteiger partial charge on any atom is -0.493 e. The average Bonchev–Trinajstić information content (AvgIpc) is 2.55. The van der Waals surface area contributed by atoms with Gasteiger partial charge in [0.05, 0.1) is 19.1 Å². The molecule has 0 N–H and O–H groups in total. The lowest BCUT2D eigenvalue weighted by Crippen LogP contribution is -2.13. The summed E-state index contributed by atoms with van der Waals surface area (Å²) in [7, 11) is 2.94. The molecule has 0 aliphatic heterocycles. The highest BCUT2D eigenvalue weighted by Crippen LogP contribution is 2.31. The number of benzene rings is 2. The van der Waals surface area contributed by atoms with Gasteiger partial charge in [-0.2, -0.15) is 0 Å². The normalized spacial score (nSPS) is 9.83. The van der Waals surface area contributed by atoms with E-state index in [9.17, 15) is 14.9 Å². The number of methoxy groups -OCH3 is 2. The molecule has 0 aliphatic rings. The predicted octanol–water partition coefficient (Wildman–Crippen LogP) is 3.19. The largest absolute Gasteiger partial charge is 0.519 e. The van der Waals surface area contributed by atoms with Crippen molar-refractivity contribution in [2.75, 3.05) is 14.2 Å². The van der Waals surface area contributed by atoms with Gasteiger partial charge in [0.15, 0.2) is 11.5 Å². The number of nitro benzene ring substituents is 1. The van der Waals surface area contributed by atoms with Crippen molar-refractivity contribution in [3.05, 3.63) is 52.6 Å².